The molecule has 1 aromatic rings. The molecule has 0 radical (unpaired) electrons. The summed E-state index contributed by atoms with van der Waals surface area (Å²) in [7, 11) is 0. The highest BCUT2D eigenvalue weighted by atomic mass is 32.1. The van der Waals surface area contributed by atoms with Crippen LogP contribution in [0.5, 0.6) is 0 Å². The molecule has 2 aliphatic rings. The highest BCUT2D eigenvalue weighted by Gasteiger charge is 2.32. The Kier molecular flexibility index (Phi) is 5.42. The van der Waals surface area contributed by atoms with Crippen molar-refractivity contribution < 1.29 is 19.1 Å². The van der Waals surface area contributed by atoms with Crippen molar-refractivity contribution in [3.8, 4) is 0 Å². The molecule has 0 aliphatic heterocycles. The Labute approximate surface area is 151 Å². The summed E-state index contributed by atoms with van der Waals surface area (Å²) >= 11 is 1.37. The van der Waals surface area contributed by atoms with Gasteiger partial charge in [0.05, 0.1) is 5.56 Å². The van der Waals surface area contributed by atoms with Gasteiger partial charge in [0, 0.05) is 16.8 Å². The lowest BCUT2D eigenvalue weighted by molar-refractivity contribution is -0.125. The number of amides is 2. The number of ether oxygens (including phenoxy) is 1. The summed E-state index contributed by atoms with van der Waals surface area (Å²) < 4.78 is 5.20. The Morgan fingerprint density at radius 1 is 1.12 bits per heavy atom. The van der Waals surface area contributed by atoms with E-state index in [1.165, 1.54) is 11.3 Å². The van der Waals surface area contributed by atoms with Gasteiger partial charge in [0.1, 0.15) is 5.00 Å². The summed E-state index contributed by atoms with van der Waals surface area (Å²) in [5.74, 6) is -0.819. The molecule has 2 aliphatic carbocycles. The van der Waals surface area contributed by atoms with Gasteiger partial charge in [-0.3, -0.25) is 9.59 Å². The summed E-state index contributed by atoms with van der Waals surface area (Å²) in [5, 5.41) is 6.25. The first-order valence-corrected chi connectivity index (χ1v) is 9.64. The maximum absolute atomic E-state index is 12.5. The van der Waals surface area contributed by atoms with E-state index in [0.717, 1.165) is 49.0 Å². The minimum Gasteiger partial charge on any atom is -0.452 e. The molecule has 0 saturated heterocycles. The molecular weight excluding hydrogens is 340 g/mol. The van der Waals surface area contributed by atoms with Gasteiger partial charge in [-0.25, -0.2) is 4.79 Å². The molecule has 136 valence electrons. The van der Waals surface area contributed by atoms with Gasteiger partial charge in [-0.15, -0.1) is 11.3 Å². The van der Waals surface area contributed by atoms with Crippen molar-refractivity contribution in [2.45, 2.75) is 58.4 Å². The highest BCUT2D eigenvalue weighted by molar-refractivity contribution is 7.16. The third-order valence-corrected chi connectivity index (χ3v) is 5.95. The van der Waals surface area contributed by atoms with Crippen molar-refractivity contribution in [2.24, 2.45) is 5.92 Å². The second-order valence-corrected chi connectivity index (χ2v) is 8.10. The summed E-state index contributed by atoms with van der Waals surface area (Å²) in [6.45, 7) is 3.43. The second-order valence-electron chi connectivity index (χ2n) is 6.88. The lowest BCUT2D eigenvalue weighted by Crippen LogP contribution is -2.36. The van der Waals surface area contributed by atoms with E-state index in [0.29, 0.717) is 10.6 Å². The lowest BCUT2D eigenvalue weighted by atomic mass is 10.1. The van der Waals surface area contributed by atoms with Gasteiger partial charge in [0.25, 0.3) is 5.91 Å². The van der Waals surface area contributed by atoms with E-state index < -0.39 is 5.97 Å². The van der Waals surface area contributed by atoms with Crippen LogP contribution in [0.15, 0.2) is 0 Å². The van der Waals surface area contributed by atoms with Crippen LogP contribution in [0.2, 0.25) is 0 Å². The Morgan fingerprint density at radius 2 is 1.80 bits per heavy atom. The van der Waals surface area contributed by atoms with Crippen molar-refractivity contribution in [3.05, 3.63) is 16.0 Å². The first kappa shape index (κ1) is 17.9. The number of thiophene rings is 1. The third-order valence-electron chi connectivity index (χ3n) is 4.83. The van der Waals surface area contributed by atoms with Gasteiger partial charge in [-0.05, 0) is 45.1 Å². The van der Waals surface area contributed by atoms with E-state index in [-0.39, 0.29) is 30.4 Å². The van der Waals surface area contributed by atoms with E-state index in [2.05, 4.69) is 10.6 Å². The molecule has 1 aromatic heterocycles. The van der Waals surface area contributed by atoms with Crippen molar-refractivity contribution >= 4 is 34.1 Å². The number of carbonyl (C=O) groups is 3. The molecule has 0 unspecified atom stereocenters. The average molecular weight is 364 g/mol. The summed E-state index contributed by atoms with van der Waals surface area (Å²) in [4.78, 5) is 37.4. The first-order chi connectivity index (χ1) is 12.0. The number of anilines is 1. The standard InChI is InChI=1S/C18H24N2O4S/c1-10-11(2)25-17(20-16(22)12-7-8-12)15(10)18(23)24-9-14(21)19-13-5-3-4-6-13/h12-13H,3-9H2,1-2H3,(H,19,21)(H,20,22). The predicted molar refractivity (Wildman–Crippen MR) is 95.8 cm³/mol. The van der Waals surface area contributed by atoms with Crippen molar-refractivity contribution in [3.63, 3.8) is 0 Å². The fraction of sp³-hybridized carbons (Fsp3) is 0.611. The van der Waals surface area contributed by atoms with Crippen LogP contribution in [0.4, 0.5) is 5.00 Å². The van der Waals surface area contributed by atoms with Crippen LogP contribution in [-0.4, -0.2) is 30.4 Å². The van der Waals surface area contributed by atoms with Gasteiger partial charge in [0.2, 0.25) is 5.91 Å². The SMILES string of the molecule is Cc1sc(NC(=O)C2CC2)c(C(=O)OCC(=O)NC2CCCC2)c1C. The summed E-state index contributed by atoms with van der Waals surface area (Å²) in [6, 6.07) is 0.199. The Bertz CT molecular complexity index is 687. The van der Waals surface area contributed by atoms with E-state index in [9.17, 15) is 14.4 Å². The maximum atomic E-state index is 12.5. The van der Waals surface area contributed by atoms with Crippen molar-refractivity contribution in [1.29, 1.82) is 0 Å². The maximum Gasteiger partial charge on any atom is 0.341 e. The molecule has 2 amide bonds. The normalized spacial score (nSPS) is 17.4. The number of nitrogens with one attached hydrogen (secondary N) is 2. The fourth-order valence-electron chi connectivity index (χ4n) is 3.06. The van der Waals surface area contributed by atoms with Crippen molar-refractivity contribution in [2.75, 3.05) is 11.9 Å². The molecule has 25 heavy (non-hydrogen) atoms. The summed E-state index contributed by atoms with van der Waals surface area (Å²) in [6.07, 6.45) is 6.02. The molecule has 0 atom stereocenters. The molecule has 6 nitrogen and oxygen atoms in total. The Balaban J connectivity index is 1.60. The van der Waals surface area contributed by atoms with Crippen LogP contribution in [-0.2, 0) is 14.3 Å². The van der Waals surface area contributed by atoms with Crippen LogP contribution in [0.1, 0.15) is 59.3 Å². The van der Waals surface area contributed by atoms with Gasteiger partial charge in [-0.1, -0.05) is 12.8 Å². The summed E-state index contributed by atoms with van der Waals surface area (Å²) in [5.41, 5.74) is 1.16. The minimum absolute atomic E-state index is 0.0470. The van der Waals surface area contributed by atoms with Gasteiger partial charge in [-0.2, -0.15) is 0 Å². The molecule has 0 spiro atoms. The van der Waals surface area contributed by atoms with Gasteiger partial charge >= 0.3 is 5.97 Å². The molecule has 3 rings (SSSR count). The third kappa shape index (κ3) is 4.39. The van der Waals surface area contributed by atoms with E-state index >= 15 is 0 Å². The van der Waals surface area contributed by atoms with Gasteiger partial charge < -0.3 is 15.4 Å². The predicted octanol–water partition coefficient (Wildman–Crippen LogP) is 2.93. The number of aryl methyl sites for hydroxylation is 1. The highest BCUT2D eigenvalue weighted by Crippen LogP contribution is 2.36. The van der Waals surface area contributed by atoms with Crippen molar-refractivity contribution in [1.82, 2.24) is 5.32 Å². The van der Waals surface area contributed by atoms with E-state index in [1.807, 2.05) is 13.8 Å². The van der Waals surface area contributed by atoms with Crippen LogP contribution < -0.4 is 10.6 Å². The van der Waals surface area contributed by atoms with Gasteiger partial charge in [0.15, 0.2) is 6.61 Å². The molecule has 0 aromatic carbocycles. The van der Waals surface area contributed by atoms with Crippen LogP contribution >= 0.6 is 11.3 Å². The van der Waals surface area contributed by atoms with Crippen LogP contribution in [0.3, 0.4) is 0 Å². The second kappa shape index (κ2) is 7.56. The minimum atomic E-state index is -0.561. The molecule has 1 heterocycles. The van der Waals surface area contributed by atoms with Crippen LogP contribution in [0.25, 0.3) is 0 Å². The number of carbonyl (C=O) groups excluding carboxylic acids is 3. The van der Waals surface area contributed by atoms with Crippen LogP contribution in [0, 0.1) is 19.8 Å². The molecule has 2 fully saturated rings. The monoisotopic (exact) mass is 364 g/mol. The zero-order valence-corrected chi connectivity index (χ0v) is 15.5. The number of esters is 1. The molecule has 2 saturated carbocycles. The lowest BCUT2D eigenvalue weighted by Gasteiger charge is -2.12. The van der Waals surface area contributed by atoms with E-state index in [4.69, 9.17) is 4.74 Å². The molecular formula is C18H24N2O4S. The average Bonchev–Trinajstić information content (AvgIpc) is 3.24. The first-order valence-electron chi connectivity index (χ1n) is 8.83. The smallest absolute Gasteiger partial charge is 0.341 e. The molecule has 7 heteroatoms. The Hall–Kier alpha value is -1.89. The Morgan fingerprint density at radius 3 is 2.44 bits per heavy atom. The molecule has 0 bridgehead atoms. The number of rotatable bonds is 6. The topological polar surface area (TPSA) is 84.5 Å². The van der Waals surface area contributed by atoms with E-state index in [1.54, 1.807) is 0 Å². The zero-order chi connectivity index (χ0) is 18.0. The fourth-order valence-corrected chi connectivity index (χ4v) is 4.11. The zero-order valence-electron chi connectivity index (χ0n) is 14.6. The number of hydrogen-bond acceptors (Lipinski definition) is 5. The quantitative estimate of drug-likeness (QED) is 0.760. The largest absolute Gasteiger partial charge is 0.452 e. The molecule has 2 N–H and O–H groups in total. The number of hydrogen-bond donors (Lipinski definition) is 2.